The van der Waals surface area contributed by atoms with Crippen molar-refractivity contribution in [2.24, 2.45) is 16.2 Å². The second-order valence-electron chi connectivity index (χ2n) is 20.0. The summed E-state index contributed by atoms with van der Waals surface area (Å²) in [6.07, 6.45) is 3.11. The number of benzene rings is 4. The van der Waals surface area contributed by atoms with Crippen LogP contribution in [0.2, 0.25) is 5.02 Å². The minimum absolute atomic E-state index is 0.138. The van der Waals surface area contributed by atoms with Gasteiger partial charge in [-0.3, -0.25) is 19.2 Å². The van der Waals surface area contributed by atoms with E-state index in [0.29, 0.717) is 72.5 Å². The minimum atomic E-state index is -0.811. The third kappa shape index (κ3) is 10.9. The molecule has 5 aromatic rings. The number of nitrogens with zero attached hydrogens (tertiary/aromatic N) is 2. The monoisotopic (exact) mass is 930 g/mol. The summed E-state index contributed by atoms with van der Waals surface area (Å²) < 4.78 is 17.8. The largest absolute Gasteiger partial charge is 0.494 e. The smallest absolute Gasteiger partial charge is 0.251 e. The van der Waals surface area contributed by atoms with Crippen molar-refractivity contribution in [1.29, 1.82) is 0 Å². The molecule has 0 spiro atoms. The second kappa shape index (κ2) is 19.9. The van der Waals surface area contributed by atoms with Crippen molar-refractivity contribution in [3.8, 4) is 33.9 Å². The fourth-order valence-corrected chi connectivity index (χ4v) is 9.89. The predicted molar refractivity (Wildman–Crippen MR) is 260 cm³/mol. The van der Waals surface area contributed by atoms with Gasteiger partial charge in [-0.25, -0.2) is 4.98 Å². The summed E-state index contributed by atoms with van der Waals surface area (Å²) in [5.74, 6) is 1.12. The van der Waals surface area contributed by atoms with Crippen LogP contribution in [0.1, 0.15) is 95.8 Å². The lowest BCUT2D eigenvalue weighted by atomic mass is 9.49. The molecule has 5 N–H and O–H groups in total. The van der Waals surface area contributed by atoms with Crippen LogP contribution in [-0.2, 0) is 20.9 Å². The molecule has 1 saturated carbocycles. The molecular weight excluding hydrogens is 868 g/mol. The van der Waals surface area contributed by atoms with E-state index in [1.807, 2.05) is 107 Å². The van der Waals surface area contributed by atoms with Gasteiger partial charge in [0, 0.05) is 53.6 Å². The number of anilines is 1. The fourth-order valence-electron chi connectivity index (χ4n) is 9.72. The van der Waals surface area contributed by atoms with Crippen molar-refractivity contribution in [2.45, 2.75) is 112 Å². The lowest BCUT2D eigenvalue weighted by Gasteiger charge is -2.63. The van der Waals surface area contributed by atoms with Crippen LogP contribution in [0.4, 0.5) is 5.69 Å². The fraction of sp³-hybridized carbons (Fsp3) is 0.415. The molecule has 14 heteroatoms. The highest BCUT2D eigenvalue weighted by molar-refractivity contribution is 6.33. The molecular formula is C53H63ClN6O7. The summed E-state index contributed by atoms with van der Waals surface area (Å²) in [5, 5.41) is 9.68. The van der Waals surface area contributed by atoms with E-state index in [4.69, 9.17) is 31.2 Å². The zero-order valence-electron chi connectivity index (χ0n) is 39.7. The van der Waals surface area contributed by atoms with Gasteiger partial charge in [0.25, 0.3) is 5.91 Å². The Labute approximate surface area is 398 Å². The van der Waals surface area contributed by atoms with Crippen molar-refractivity contribution in [2.75, 3.05) is 18.9 Å². The maximum atomic E-state index is 14.0. The van der Waals surface area contributed by atoms with Crippen LogP contribution in [0.3, 0.4) is 0 Å². The zero-order chi connectivity index (χ0) is 48.3. The van der Waals surface area contributed by atoms with Crippen LogP contribution in [0.5, 0.6) is 11.5 Å². The van der Waals surface area contributed by atoms with Crippen LogP contribution in [0, 0.1) is 23.2 Å². The Morgan fingerprint density at radius 1 is 0.896 bits per heavy atom. The van der Waals surface area contributed by atoms with Crippen molar-refractivity contribution < 1.29 is 33.1 Å². The standard InChI is InChI=1S/C53H63ClN6O7/c1-32-44(66-31-57-32)36-15-13-33(14-16-36)30-56-47(63)42-11-9-27-60(42)48(64)45(51(2,3)4)58-43(61)12-10-28-65-38-23-21-35(22-24-38)34-17-19-37(20-18-34)46(62)59-49-52(5,6)50(53(49,7)8)67-39-25-26-41(55)40(54)29-39/h13-26,29,31,42,45,49-50H,9-12,27-28,30,55H2,1-8H3,(H,56,63)(H,58,61)(H,59,62)/t42-,45+,49?,50?/m0/s1. The number of halogens is 1. The van der Waals surface area contributed by atoms with Gasteiger partial charge in [-0.05, 0) is 84.7 Å². The number of oxazole rings is 1. The normalized spacial score (nSPS) is 18.9. The molecule has 0 unspecified atom stereocenters. The first-order valence-electron chi connectivity index (χ1n) is 23.0. The Kier molecular flexibility index (Phi) is 14.4. The molecule has 2 aliphatic rings. The average molecular weight is 932 g/mol. The SMILES string of the molecule is Cc1ncoc1-c1ccc(CNC(=O)[C@@H]2CCCN2C(=O)[C@@H](NC(=O)CCCOc2ccc(-c3ccc(C(=O)NC4C(C)(C)C(Oc5ccc(N)c(Cl)c5)C4(C)C)cc3)cc2)C(C)(C)C)cc1. The van der Waals surface area contributed by atoms with Crippen LogP contribution in [0.15, 0.2) is 102 Å². The number of carbonyl (C=O) groups is 4. The van der Waals surface area contributed by atoms with E-state index in [1.54, 1.807) is 17.0 Å². The first kappa shape index (κ1) is 48.6. The van der Waals surface area contributed by atoms with Crippen molar-refractivity contribution >= 4 is 40.9 Å². The summed E-state index contributed by atoms with van der Waals surface area (Å²) >= 11 is 6.23. The number of carbonyl (C=O) groups excluding carboxylic acids is 4. The Morgan fingerprint density at radius 2 is 1.52 bits per heavy atom. The highest BCUT2D eigenvalue weighted by atomic mass is 35.5. The van der Waals surface area contributed by atoms with Gasteiger partial charge in [0.2, 0.25) is 17.7 Å². The first-order valence-corrected chi connectivity index (χ1v) is 23.3. The van der Waals surface area contributed by atoms with Crippen molar-refractivity contribution in [1.82, 2.24) is 25.8 Å². The lowest BCUT2D eigenvalue weighted by molar-refractivity contribution is -0.164. The van der Waals surface area contributed by atoms with E-state index in [0.717, 1.165) is 27.9 Å². The number of hydrogen-bond donors (Lipinski definition) is 4. The Hall–Kier alpha value is -6.34. The van der Waals surface area contributed by atoms with Gasteiger partial charge >= 0.3 is 0 Å². The van der Waals surface area contributed by atoms with Crippen molar-refractivity contribution in [3.63, 3.8) is 0 Å². The summed E-state index contributed by atoms with van der Waals surface area (Å²) in [6.45, 7) is 17.0. The number of likely N-dealkylation sites (tertiary alicyclic amines) is 1. The number of nitrogens with one attached hydrogen (secondary N) is 3. The molecule has 2 fully saturated rings. The van der Waals surface area contributed by atoms with Gasteiger partial charge in [0.1, 0.15) is 29.7 Å². The second-order valence-corrected chi connectivity index (χ2v) is 20.4. The number of ether oxygens (including phenoxy) is 2. The molecule has 0 bridgehead atoms. The maximum Gasteiger partial charge on any atom is 0.251 e. The minimum Gasteiger partial charge on any atom is -0.494 e. The van der Waals surface area contributed by atoms with Gasteiger partial charge in [-0.1, -0.05) is 109 Å². The lowest BCUT2D eigenvalue weighted by Crippen LogP contribution is -2.74. The van der Waals surface area contributed by atoms with Crippen LogP contribution >= 0.6 is 11.6 Å². The van der Waals surface area contributed by atoms with E-state index in [2.05, 4.69) is 48.6 Å². The van der Waals surface area contributed by atoms with Crippen molar-refractivity contribution in [3.05, 3.63) is 119 Å². The highest BCUT2D eigenvalue weighted by Crippen LogP contribution is 2.55. The van der Waals surface area contributed by atoms with Gasteiger partial charge in [-0.15, -0.1) is 0 Å². The quantitative estimate of drug-likeness (QED) is 0.0555. The van der Waals surface area contributed by atoms with Crippen LogP contribution < -0.4 is 31.2 Å². The Balaban J connectivity index is 0.849. The number of nitrogens with two attached hydrogens (primary N) is 1. The number of hydrogen-bond acceptors (Lipinski definition) is 9. The van der Waals surface area contributed by atoms with E-state index in [-0.39, 0.29) is 53.0 Å². The van der Waals surface area contributed by atoms with E-state index in [9.17, 15) is 19.2 Å². The molecule has 4 amide bonds. The van der Waals surface area contributed by atoms with Crippen LogP contribution in [0.25, 0.3) is 22.5 Å². The zero-order valence-corrected chi connectivity index (χ0v) is 40.5. The molecule has 4 aromatic carbocycles. The van der Waals surface area contributed by atoms with Gasteiger partial charge in [0.05, 0.1) is 23.0 Å². The third-order valence-electron chi connectivity index (χ3n) is 13.2. The topological polar surface area (TPSA) is 178 Å². The number of aromatic nitrogens is 1. The maximum absolute atomic E-state index is 14.0. The number of nitrogen functional groups attached to an aromatic ring is 1. The average Bonchev–Trinajstić information content (AvgIpc) is 3.98. The molecule has 0 radical (unpaired) electrons. The third-order valence-corrected chi connectivity index (χ3v) is 13.5. The first-order chi connectivity index (χ1) is 31.7. The molecule has 2 atom stereocenters. The summed E-state index contributed by atoms with van der Waals surface area (Å²) in [5.41, 5.74) is 10.2. The number of amides is 4. The molecule has 2 heterocycles. The molecule has 1 saturated heterocycles. The van der Waals surface area contributed by atoms with Gasteiger partial charge in [0.15, 0.2) is 12.2 Å². The van der Waals surface area contributed by atoms with E-state index >= 15 is 0 Å². The van der Waals surface area contributed by atoms with Crippen LogP contribution in [-0.4, -0.2) is 70.9 Å². The summed E-state index contributed by atoms with van der Waals surface area (Å²) in [6, 6.07) is 26.6. The summed E-state index contributed by atoms with van der Waals surface area (Å²) in [4.78, 5) is 59.9. The molecule has 1 aromatic heterocycles. The predicted octanol–water partition coefficient (Wildman–Crippen LogP) is 9.16. The number of rotatable bonds is 16. The summed E-state index contributed by atoms with van der Waals surface area (Å²) in [7, 11) is 0. The molecule has 1 aliphatic carbocycles. The molecule has 13 nitrogen and oxygen atoms in total. The Morgan fingerprint density at radius 3 is 2.13 bits per heavy atom. The molecule has 67 heavy (non-hydrogen) atoms. The molecule has 1 aliphatic heterocycles. The van der Waals surface area contributed by atoms with Gasteiger partial charge < -0.3 is 40.5 Å². The van der Waals surface area contributed by atoms with E-state index in [1.165, 1.54) is 6.39 Å². The van der Waals surface area contributed by atoms with Gasteiger partial charge in [-0.2, -0.15) is 0 Å². The number of aryl methyl sites for hydroxylation is 1. The molecule has 354 valence electrons. The Bertz CT molecular complexity index is 2550. The highest BCUT2D eigenvalue weighted by Gasteiger charge is 2.64. The van der Waals surface area contributed by atoms with E-state index < -0.39 is 17.5 Å². The molecule has 7 rings (SSSR count).